The van der Waals surface area contributed by atoms with Crippen molar-refractivity contribution in [2.75, 3.05) is 46.4 Å². The van der Waals surface area contributed by atoms with Crippen molar-refractivity contribution in [2.45, 2.75) is 38.5 Å². The van der Waals surface area contributed by atoms with Crippen molar-refractivity contribution in [3.05, 3.63) is 24.3 Å². The van der Waals surface area contributed by atoms with Crippen molar-refractivity contribution in [3.63, 3.8) is 0 Å². The molecule has 0 spiro atoms. The van der Waals surface area contributed by atoms with Crippen molar-refractivity contribution in [1.82, 2.24) is 9.80 Å². The number of carbonyl (C=O) groups excluding carboxylic acids is 1. The molecule has 1 aromatic rings. The van der Waals surface area contributed by atoms with Crippen LogP contribution in [0.1, 0.15) is 38.5 Å². The molecule has 0 unspecified atom stereocenters. The Morgan fingerprint density at radius 3 is 2.26 bits per heavy atom. The Morgan fingerprint density at radius 2 is 1.63 bits per heavy atom. The van der Waals surface area contributed by atoms with Crippen molar-refractivity contribution in [1.29, 1.82) is 0 Å². The summed E-state index contributed by atoms with van der Waals surface area (Å²) in [4.78, 5) is 16.9. The van der Waals surface area contributed by atoms with Crippen LogP contribution in [0.15, 0.2) is 24.3 Å². The number of nitrogens with zero attached hydrogens (tertiary/aromatic N) is 2. The predicted octanol–water partition coefficient (Wildman–Crippen LogP) is 3.61. The molecule has 5 nitrogen and oxygen atoms in total. The molecule has 27 heavy (non-hydrogen) atoms. The Morgan fingerprint density at radius 1 is 1.00 bits per heavy atom. The predicted molar refractivity (Wildman–Crippen MR) is 110 cm³/mol. The molecule has 152 valence electrons. The number of likely N-dealkylation sites (tertiary alicyclic amines) is 2. The number of halogens is 1. The summed E-state index contributed by atoms with van der Waals surface area (Å²) in [6.45, 7) is 5.65. The fraction of sp³-hybridized carbons (Fsp3) is 0.667. The van der Waals surface area contributed by atoms with Gasteiger partial charge in [0.05, 0.1) is 7.11 Å². The lowest BCUT2D eigenvalue weighted by atomic mass is 9.93. The molecule has 2 fully saturated rings. The molecular formula is C21H33ClN2O3. The van der Waals surface area contributed by atoms with Crippen LogP contribution in [0, 0.1) is 5.92 Å². The molecule has 0 radical (unpaired) electrons. The number of ether oxygens (including phenoxy) is 2. The quantitative estimate of drug-likeness (QED) is 0.706. The van der Waals surface area contributed by atoms with E-state index < -0.39 is 0 Å². The number of hydrogen-bond donors (Lipinski definition) is 0. The highest BCUT2D eigenvalue weighted by Gasteiger charge is 2.23. The van der Waals surface area contributed by atoms with Gasteiger partial charge in [-0.25, -0.2) is 0 Å². The molecule has 2 aliphatic rings. The lowest BCUT2D eigenvalue weighted by molar-refractivity contribution is -0.134. The molecule has 0 N–H and O–H groups in total. The summed E-state index contributed by atoms with van der Waals surface area (Å²) in [5.41, 5.74) is 0. The number of rotatable bonds is 7. The first-order chi connectivity index (χ1) is 12.7. The van der Waals surface area contributed by atoms with E-state index in [-0.39, 0.29) is 24.9 Å². The third-order valence-electron chi connectivity index (χ3n) is 5.69. The van der Waals surface area contributed by atoms with Gasteiger partial charge in [-0.1, -0.05) is 6.42 Å². The summed E-state index contributed by atoms with van der Waals surface area (Å²) in [7, 11) is 1.63. The number of methoxy groups -OCH3 is 1. The highest BCUT2D eigenvalue weighted by atomic mass is 35.5. The van der Waals surface area contributed by atoms with E-state index in [1.54, 1.807) is 7.11 Å². The minimum Gasteiger partial charge on any atom is -0.497 e. The monoisotopic (exact) mass is 396 g/mol. The molecule has 0 saturated carbocycles. The standard InChI is InChI=1S/C21H32N2O3.ClH/c1-25-19-5-7-20(8-6-19)26-17-21(24)23-15-10-18(11-16-23)9-14-22-12-3-2-4-13-22;/h5-8,18H,2-4,9-17H2,1H3;1H. The van der Waals surface area contributed by atoms with Crippen molar-refractivity contribution in [3.8, 4) is 11.5 Å². The second kappa shape index (κ2) is 11.4. The summed E-state index contributed by atoms with van der Waals surface area (Å²) in [5.74, 6) is 2.35. The van der Waals surface area contributed by atoms with Gasteiger partial charge in [0.25, 0.3) is 5.91 Å². The van der Waals surface area contributed by atoms with Crippen molar-refractivity contribution < 1.29 is 14.3 Å². The first-order valence-corrected chi connectivity index (χ1v) is 10.0. The van der Waals surface area contributed by atoms with Crippen LogP contribution in [0.4, 0.5) is 0 Å². The van der Waals surface area contributed by atoms with Crippen LogP contribution in [0.25, 0.3) is 0 Å². The van der Waals surface area contributed by atoms with Gasteiger partial charge in [-0.2, -0.15) is 0 Å². The minimum atomic E-state index is 0. The second-order valence-electron chi connectivity index (χ2n) is 7.48. The zero-order valence-electron chi connectivity index (χ0n) is 16.4. The van der Waals surface area contributed by atoms with Gasteiger partial charge in [0.15, 0.2) is 6.61 Å². The summed E-state index contributed by atoms with van der Waals surface area (Å²) in [6, 6.07) is 7.35. The Kier molecular flexibility index (Phi) is 9.22. The van der Waals surface area contributed by atoms with Crippen LogP contribution >= 0.6 is 12.4 Å². The molecule has 1 aromatic carbocycles. The van der Waals surface area contributed by atoms with Crippen molar-refractivity contribution >= 4 is 18.3 Å². The van der Waals surface area contributed by atoms with Crippen LogP contribution in [0.3, 0.4) is 0 Å². The zero-order chi connectivity index (χ0) is 18.2. The van der Waals surface area contributed by atoms with Gasteiger partial charge in [0, 0.05) is 13.1 Å². The van der Waals surface area contributed by atoms with Gasteiger partial charge in [-0.15, -0.1) is 12.4 Å². The van der Waals surface area contributed by atoms with Gasteiger partial charge >= 0.3 is 0 Å². The fourth-order valence-corrected chi connectivity index (χ4v) is 3.93. The van der Waals surface area contributed by atoms with E-state index in [4.69, 9.17) is 9.47 Å². The lowest BCUT2D eigenvalue weighted by Gasteiger charge is -2.34. The summed E-state index contributed by atoms with van der Waals surface area (Å²) < 4.78 is 10.7. The molecular weight excluding hydrogens is 364 g/mol. The van der Waals surface area contributed by atoms with E-state index in [2.05, 4.69) is 4.90 Å². The number of amides is 1. The van der Waals surface area contributed by atoms with Gasteiger partial charge < -0.3 is 19.3 Å². The Hall–Kier alpha value is -1.46. The summed E-state index contributed by atoms with van der Waals surface area (Å²) in [5, 5.41) is 0. The highest BCUT2D eigenvalue weighted by Crippen LogP contribution is 2.22. The maximum absolute atomic E-state index is 12.4. The van der Waals surface area contributed by atoms with E-state index >= 15 is 0 Å². The maximum Gasteiger partial charge on any atom is 0.260 e. The summed E-state index contributed by atoms with van der Waals surface area (Å²) in [6.07, 6.45) is 7.66. The second-order valence-corrected chi connectivity index (χ2v) is 7.48. The summed E-state index contributed by atoms with van der Waals surface area (Å²) >= 11 is 0. The molecule has 2 heterocycles. The molecule has 0 aromatic heterocycles. The number of benzene rings is 1. The molecule has 2 saturated heterocycles. The van der Waals surface area contributed by atoms with E-state index in [1.807, 2.05) is 29.2 Å². The van der Waals surface area contributed by atoms with Gasteiger partial charge in [0.1, 0.15) is 11.5 Å². The number of carbonyl (C=O) groups is 1. The number of hydrogen-bond acceptors (Lipinski definition) is 4. The van der Waals surface area contributed by atoms with Crippen LogP contribution in [-0.2, 0) is 4.79 Å². The molecule has 2 aliphatic heterocycles. The molecule has 6 heteroatoms. The molecule has 0 atom stereocenters. The zero-order valence-corrected chi connectivity index (χ0v) is 17.2. The van der Waals surface area contributed by atoms with E-state index in [9.17, 15) is 4.79 Å². The first-order valence-electron chi connectivity index (χ1n) is 10.0. The van der Waals surface area contributed by atoms with Gasteiger partial charge in [0.2, 0.25) is 0 Å². The average Bonchev–Trinajstić information content (AvgIpc) is 2.72. The van der Waals surface area contributed by atoms with E-state index in [0.29, 0.717) is 5.75 Å². The van der Waals surface area contributed by atoms with Crippen molar-refractivity contribution in [2.24, 2.45) is 5.92 Å². The van der Waals surface area contributed by atoms with Crippen LogP contribution in [-0.4, -0.2) is 62.1 Å². The van der Waals surface area contributed by atoms with Crippen LogP contribution < -0.4 is 9.47 Å². The van der Waals surface area contributed by atoms with Crippen LogP contribution in [0.5, 0.6) is 11.5 Å². The Labute approximate surface area is 169 Å². The van der Waals surface area contributed by atoms with Gasteiger partial charge in [-0.3, -0.25) is 4.79 Å². The molecule has 1 amide bonds. The molecule has 0 aliphatic carbocycles. The minimum absolute atomic E-state index is 0. The smallest absolute Gasteiger partial charge is 0.260 e. The SMILES string of the molecule is COc1ccc(OCC(=O)N2CCC(CCN3CCCCC3)CC2)cc1.Cl. The van der Waals surface area contributed by atoms with Crippen LogP contribution in [0.2, 0.25) is 0 Å². The third kappa shape index (κ3) is 6.89. The molecule has 3 rings (SSSR count). The Balaban J connectivity index is 0.00000261. The van der Waals surface area contributed by atoms with E-state index in [0.717, 1.165) is 37.6 Å². The Bertz CT molecular complexity index is 553. The molecule has 0 bridgehead atoms. The lowest BCUT2D eigenvalue weighted by Crippen LogP contribution is -2.41. The van der Waals surface area contributed by atoms with E-state index in [1.165, 1.54) is 45.3 Å². The fourth-order valence-electron chi connectivity index (χ4n) is 3.93. The third-order valence-corrected chi connectivity index (χ3v) is 5.69. The average molecular weight is 397 g/mol. The normalized spacial score (nSPS) is 18.6. The number of piperidine rings is 2. The topological polar surface area (TPSA) is 42.0 Å². The highest BCUT2D eigenvalue weighted by molar-refractivity contribution is 5.85. The largest absolute Gasteiger partial charge is 0.497 e. The maximum atomic E-state index is 12.4. The van der Waals surface area contributed by atoms with Gasteiger partial charge in [-0.05, 0) is 81.9 Å². The first kappa shape index (κ1) is 21.8.